The van der Waals surface area contributed by atoms with Gasteiger partial charge >= 0.3 is 0 Å². The smallest absolute Gasteiger partial charge is 0.269 e. The van der Waals surface area contributed by atoms with E-state index in [-0.39, 0.29) is 11.7 Å². The van der Waals surface area contributed by atoms with Crippen molar-refractivity contribution in [3.63, 3.8) is 0 Å². The fourth-order valence-electron chi connectivity index (χ4n) is 1.28. The molecule has 4 heteroatoms. The number of benzene rings is 1. The van der Waals surface area contributed by atoms with Gasteiger partial charge in [0.15, 0.2) is 0 Å². The topological polar surface area (TPSA) is 61.4 Å². The van der Waals surface area contributed by atoms with Crippen LogP contribution < -0.4 is 10.9 Å². The van der Waals surface area contributed by atoms with Crippen LogP contribution in [-0.2, 0) is 6.54 Å². The van der Waals surface area contributed by atoms with Crippen molar-refractivity contribution in [1.82, 2.24) is 10.9 Å². The van der Waals surface area contributed by atoms with Crippen molar-refractivity contribution in [2.45, 2.75) is 6.54 Å². The molecule has 1 aliphatic heterocycles. The number of hydrogen-bond acceptors (Lipinski definition) is 3. The van der Waals surface area contributed by atoms with E-state index in [0.717, 1.165) is 5.56 Å². The summed E-state index contributed by atoms with van der Waals surface area (Å²) in [6.45, 7) is 0.551. The number of carbonyl (C=O) groups excluding carboxylic acids is 1. The fourth-order valence-corrected chi connectivity index (χ4v) is 1.28. The van der Waals surface area contributed by atoms with Crippen molar-refractivity contribution in [2.24, 2.45) is 0 Å². The first-order chi connectivity index (χ1) is 5.79. The predicted molar refractivity (Wildman–Crippen MR) is 42.4 cm³/mol. The first-order valence-corrected chi connectivity index (χ1v) is 3.63. The minimum atomic E-state index is -0.283. The molecule has 1 aromatic rings. The second-order valence-electron chi connectivity index (χ2n) is 2.62. The van der Waals surface area contributed by atoms with Crippen LogP contribution in [0.1, 0.15) is 15.9 Å². The van der Waals surface area contributed by atoms with Crippen molar-refractivity contribution in [2.75, 3.05) is 0 Å². The molecule has 0 atom stereocenters. The molecule has 3 N–H and O–H groups in total. The number of nitrogens with one attached hydrogen (secondary N) is 2. The zero-order valence-corrected chi connectivity index (χ0v) is 6.29. The number of fused-ring (bicyclic) bond motifs is 1. The second-order valence-corrected chi connectivity index (χ2v) is 2.62. The van der Waals surface area contributed by atoms with Crippen molar-refractivity contribution in [3.05, 3.63) is 29.3 Å². The van der Waals surface area contributed by atoms with Gasteiger partial charge in [0.25, 0.3) is 5.91 Å². The van der Waals surface area contributed by atoms with Crippen LogP contribution in [-0.4, -0.2) is 11.0 Å². The van der Waals surface area contributed by atoms with Gasteiger partial charge in [0.1, 0.15) is 5.75 Å². The molecule has 0 aromatic heterocycles. The highest BCUT2D eigenvalue weighted by atomic mass is 16.3. The van der Waals surface area contributed by atoms with E-state index in [2.05, 4.69) is 10.9 Å². The molecule has 12 heavy (non-hydrogen) atoms. The maximum atomic E-state index is 11.2. The Morgan fingerprint density at radius 3 is 3.00 bits per heavy atom. The Hall–Kier alpha value is -1.55. The number of phenolic OH excluding ortho intramolecular Hbond substituents is 1. The summed E-state index contributed by atoms with van der Waals surface area (Å²) in [7, 11) is 0. The van der Waals surface area contributed by atoms with Crippen molar-refractivity contribution in [3.8, 4) is 5.75 Å². The van der Waals surface area contributed by atoms with E-state index in [4.69, 9.17) is 0 Å². The van der Waals surface area contributed by atoms with Gasteiger partial charge < -0.3 is 5.11 Å². The van der Waals surface area contributed by atoms with Crippen LogP contribution in [0.5, 0.6) is 5.75 Å². The molecule has 1 amide bonds. The molecule has 0 saturated heterocycles. The Labute approximate surface area is 69.2 Å². The van der Waals surface area contributed by atoms with Gasteiger partial charge in [-0.1, -0.05) is 12.1 Å². The average Bonchev–Trinajstić information content (AvgIpc) is 2.04. The van der Waals surface area contributed by atoms with Gasteiger partial charge in [-0.05, 0) is 11.6 Å². The zero-order chi connectivity index (χ0) is 8.55. The minimum Gasteiger partial charge on any atom is -0.507 e. The lowest BCUT2D eigenvalue weighted by atomic mass is 10.0. The Kier molecular flexibility index (Phi) is 1.48. The Bertz CT molecular complexity index is 336. The molecule has 0 radical (unpaired) electrons. The highest BCUT2D eigenvalue weighted by Crippen LogP contribution is 2.21. The van der Waals surface area contributed by atoms with Crippen molar-refractivity contribution < 1.29 is 9.90 Å². The summed E-state index contributed by atoms with van der Waals surface area (Å²) in [5.41, 5.74) is 6.33. The van der Waals surface area contributed by atoms with Gasteiger partial charge in [-0.2, -0.15) is 0 Å². The molecule has 0 unspecified atom stereocenters. The number of carbonyl (C=O) groups is 1. The molecule has 0 saturated carbocycles. The van der Waals surface area contributed by atoms with Gasteiger partial charge in [-0.25, -0.2) is 5.43 Å². The van der Waals surface area contributed by atoms with Crippen LogP contribution >= 0.6 is 0 Å². The molecule has 0 fully saturated rings. The number of hydrogen-bond donors (Lipinski definition) is 3. The molecular formula is C8H8N2O2. The Balaban J connectivity index is 2.60. The maximum Gasteiger partial charge on any atom is 0.269 e. The van der Waals surface area contributed by atoms with Gasteiger partial charge in [-0.15, -0.1) is 0 Å². The normalized spacial score (nSPS) is 15.2. The van der Waals surface area contributed by atoms with E-state index >= 15 is 0 Å². The number of aromatic hydroxyl groups is 1. The number of hydrazine groups is 1. The highest BCUT2D eigenvalue weighted by molar-refractivity contribution is 5.98. The first-order valence-electron chi connectivity index (χ1n) is 3.63. The molecule has 0 bridgehead atoms. The second kappa shape index (κ2) is 2.49. The third-order valence-corrected chi connectivity index (χ3v) is 1.84. The predicted octanol–water partition coefficient (Wildman–Crippen LogP) is 0.140. The Morgan fingerprint density at radius 2 is 2.25 bits per heavy atom. The van der Waals surface area contributed by atoms with E-state index in [1.54, 1.807) is 12.1 Å². The van der Waals surface area contributed by atoms with E-state index < -0.39 is 0 Å². The number of rotatable bonds is 0. The molecular weight excluding hydrogens is 156 g/mol. The molecule has 62 valence electrons. The van der Waals surface area contributed by atoms with Crippen molar-refractivity contribution >= 4 is 5.91 Å². The monoisotopic (exact) mass is 164 g/mol. The van der Waals surface area contributed by atoms with E-state index in [9.17, 15) is 9.90 Å². The van der Waals surface area contributed by atoms with E-state index in [0.29, 0.717) is 12.1 Å². The van der Waals surface area contributed by atoms with E-state index in [1.807, 2.05) is 0 Å². The third-order valence-electron chi connectivity index (χ3n) is 1.84. The fraction of sp³-hybridized carbons (Fsp3) is 0.125. The van der Waals surface area contributed by atoms with Crippen LogP contribution in [0.4, 0.5) is 0 Å². The first kappa shape index (κ1) is 7.12. The summed E-state index contributed by atoms with van der Waals surface area (Å²) in [5.74, 6) is -0.249. The van der Waals surface area contributed by atoms with Gasteiger partial charge in [0.05, 0.1) is 5.56 Å². The minimum absolute atomic E-state index is 0.0338. The molecule has 1 heterocycles. The molecule has 1 aromatic carbocycles. The number of amides is 1. The van der Waals surface area contributed by atoms with Crippen LogP contribution in [0.15, 0.2) is 18.2 Å². The van der Waals surface area contributed by atoms with Crippen molar-refractivity contribution in [1.29, 1.82) is 0 Å². The van der Waals surface area contributed by atoms with Gasteiger partial charge in [0.2, 0.25) is 0 Å². The summed E-state index contributed by atoms with van der Waals surface area (Å²) >= 11 is 0. The quantitative estimate of drug-likeness (QED) is 0.511. The summed E-state index contributed by atoms with van der Waals surface area (Å²) < 4.78 is 0. The van der Waals surface area contributed by atoms with Crippen LogP contribution in [0.2, 0.25) is 0 Å². The lowest BCUT2D eigenvalue weighted by Crippen LogP contribution is -2.41. The number of phenols is 1. The lowest BCUT2D eigenvalue weighted by molar-refractivity contribution is 0.0917. The lowest BCUT2D eigenvalue weighted by Gasteiger charge is -2.17. The van der Waals surface area contributed by atoms with Gasteiger partial charge in [-0.3, -0.25) is 10.2 Å². The largest absolute Gasteiger partial charge is 0.507 e. The van der Waals surface area contributed by atoms with E-state index in [1.165, 1.54) is 6.07 Å². The SMILES string of the molecule is O=C1NNCc2cccc(O)c21. The summed E-state index contributed by atoms with van der Waals surface area (Å²) in [6, 6.07) is 5.03. The van der Waals surface area contributed by atoms with Crippen LogP contribution in [0.25, 0.3) is 0 Å². The summed E-state index contributed by atoms with van der Waals surface area (Å²) in [6.07, 6.45) is 0. The van der Waals surface area contributed by atoms with Crippen LogP contribution in [0.3, 0.4) is 0 Å². The third kappa shape index (κ3) is 0.931. The molecule has 4 nitrogen and oxygen atoms in total. The standard InChI is InChI=1S/C8H8N2O2/c11-6-3-1-2-5-4-9-10-8(12)7(5)6/h1-3,9,11H,4H2,(H,10,12). The molecule has 0 aliphatic carbocycles. The molecule has 1 aliphatic rings. The summed E-state index contributed by atoms with van der Waals surface area (Å²) in [4.78, 5) is 11.2. The molecule has 0 spiro atoms. The van der Waals surface area contributed by atoms with Gasteiger partial charge in [0, 0.05) is 6.54 Å². The summed E-state index contributed by atoms with van der Waals surface area (Å²) in [5, 5.41) is 9.34. The zero-order valence-electron chi connectivity index (χ0n) is 6.29. The molecule has 2 rings (SSSR count). The average molecular weight is 164 g/mol. The Morgan fingerprint density at radius 1 is 1.42 bits per heavy atom. The highest BCUT2D eigenvalue weighted by Gasteiger charge is 2.19. The van der Waals surface area contributed by atoms with Crippen LogP contribution in [0, 0.1) is 0 Å². The maximum absolute atomic E-state index is 11.2.